The Labute approximate surface area is 66.2 Å². The summed E-state index contributed by atoms with van der Waals surface area (Å²) in [5, 5.41) is 19.9. The van der Waals surface area contributed by atoms with Crippen LogP contribution in [0.25, 0.3) is 0 Å². The molecule has 0 saturated carbocycles. The molecule has 0 amide bonds. The van der Waals surface area contributed by atoms with E-state index >= 15 is 0 Å². The molecule has 0 rings (SSSR count). The topological polar surface area (TPSA) is 69.6 Å². The van der Waals surface area contributed by atoms with Crippen LogP contribution in [0.3, 0.4) is 0 Å². The van der Waals surface area contributed by atoms with Gasteiger partial charge in [0, 0.05) is 6.04 Å². The molecule has 0 aromatic heterocycles. The van der Waals surface area contributed by atoms with Crippen LogP contribution in [0, 0.1) is 0 Å². The Kier molecular flexibility index (Phi) is 4.81. The summed E-state index contributed by atoms with van der Waals surface area (Å²) >= 11 is 0. The number of nitrogens with one attached hydrogen (secondary N) is 1. The summed E-state index contributed by atoms with van der Waals surface area (Å²) in [7, 11) is 0. The molecule has 0 aromatic carbocycles. The highest BCUT2D eigenvalue weighted by molar-refractivity contribution is 5.73. The fourth-order valence-electron chi connectivity index (χ4n) is 0.663. The minimum absolute atomic E-state index is 0.128. The van der Waals surface area contributed by atoms with E-state index in [1.165, 1.54) is 0 Å². The van der Waals surface area contributed by atoms with Gasteiger partial charge in [0.2, 0.25) is 0 Å². The Morgan fingerprint density at radius 2 is 2.18 bits per heavy atom. The maximum Gasteiger partial charge on any atom is 0.323 e. The summed E-state index contributed by atoms with van der Waals surface area (Å²) in [6, 6.07) is -0.701. The first-order chi connectivity index (χ1) is 5.11. The van der Waals surface area contributed by atoms with Crippen molar-refractivity contribution >= 4 is 5.97 Å². The fraction of sp³-hybridized carbons (Fsp3) is 0.857. The summed E-state index contributed by atoms with van der Waals surface area (Å²) in [5.74, 6) is -1.01. The van der Waals surface area contributed by atoms with E-state index in [1.807, 2.05) is 13.8 Å². The highest BCUT2D eigenvalue weighted by atomic mass is 16.4. The minimum atomic E-state index is -1.01. The molecule has 0 heterocycles. The van der Waals surface area contributed by atoms with Crippen molar-refractivity contribution < 1.29 is 15.0 Å². The van der Waals surface area contributed by atoms with Gasteiger partial charge in [-0.2, -0.15) is 0 Å². The molecule has 11 heavy (non-hydrogen) atoms. The van der Waals surface area contributed by atoms with Gasteiger partial charge in [0.25, 0.3) is 0 Å². The van der Waals surface area contributed by atoms with E-state index in [-0.39, 0.29) is 12.6 Å². The van der Waals surface area contributed by atoms with Crippen molar-refractivity contribution in [1.29, 1.82) is 0 Å². The van der Waals surface area contributed by atoms with Crippen molar-refractivity contribution in [1.82, 2.24) is 5.32 Å². The number of aliphatic hydroxyl groups is 1. The smallest absolute Gasteiger partial charge is 0.323 e. The third kappa shape index (κ3) is 3.95. The third-order valence-electron chi connectivity index (χ3n) is 1.58. The van der Waals surface area contributed by atoms with E-state index in [4.69, 9.17) is 10.2 Å². The summed E-state index contributed by atoms with van der Waals surface area (Å²) in [6.07, 6.45) is 0.851. The van der Waals surface area contributed by atoms with Crippen LogP contribution in [-0.2, 0) is 4.79 Å². The van der Waals surface area contributed by atoms with Gasteiger partial charge >= 0.3 is 5.97 Å². The lowest BCUT2D eigenvalue weighted by atomic mass is 10.2. The first-order valence-electron chi connectivity index (χ1n) is 3.71. The van der Waals surface area contributed by atoms with E-state index < -0.39 is 12.0 Å². The van der Waals surface area contributed by atoms with Gasteiger partial charge in [-0.25, -0.2) is 0 Å². The largest absolute Gasteiger partial charge is 0.480 e. The molecule has 0 aliphatic rings. The molecule has 0 fully saturated rings. The maximum absolute atomic E-state index is 10.4. The van der Waals surface area contributed by atoms with Crippen LogP contribution < -0.4 is 5.32 Å². The Hall–Kier alpha value is -0.610. The van der Waals surface area contributed by atoms with Gasteiger partial charge < -0.3 is 10.2 Å². The van der Waals surface area contributed by atoms with Gasteiger partial charge in [-0.05, 0) is 13.3 Å². The molecule has 0 aliphatic heterocycles. The van der Waals surface area contributed by atoms with E-state index in [0.717, 1.165) is 6.42 Å². The average molecular weight is 161 g/mol. The zero-order chi connectivity index (χ0) is 8.85. The van der Waals surface area contributed by atoms with Gasteiger partial charge in [0.05, 0.1) is 6.61 Å². The molecule has 2 atom stereocenters. The van der Waals surface area contributed by atoms with Gasteiger partial charge in [0.15, 0.2) is 0 Å². The second kappa shape index (κ2) is 5.09. The Morgan fingerprint density at radius 1 is 1.64 bits per heavy atom. The average Bonchev–Trinajstić information content (AvgIpc) is 1.99. The molecule has 4 nitrogen and oxygen atoms in total. The van der Waals surface area contributed by atoms with Crippen LogP contribution in [0.2, 0.25) is 0 Å². The number of carboxylic acid groups (broad SMARTS) is 1. The SMILES string of the molecule is CCC(C)NC(CO)C(=O)O. The molecule has 0 aliphatic carbocycles. The van der Waals surface area contributed by atoms with Crippen molar-refractivity contribution in [2.45, 2.75) is 32.4 Å². The normalized spacial score (nSPS) is 15.9. The van der Waals surface area contributed by atoms with E-state index in [0.29, 0.717) is 0 Å². The van der Waals surface area contributed by atoms with E-state index in [2.05, 4.69) is 5.32 Å². The van der Waals surface area contributed by atoms with Gasteiger partial charge in [0.1, 0.15) is 6.04 Å². The monoisotopic (exact) mass is 161 g/mol. The highest BCUT2D eigenvalue weighted by Gasteiger charge is 2.16. The quantitative estimate of drug-likeness (QED) is 0.523. The lowest BCUT2D eigenvalue weighted by molar-refractivity contribution is -0.140. The number of hydrogen-bond acceptors (Lipinski definition) is 3. The predicted octanol–water partition coefficient (Wildman–Crippen LogP) is -0.180. The Balaban J connectivity index is 3.77. The lowest BCUT2D eigenvalue weighted by Crippen LogP contribution is -2.44. The second-order valence-electron chi connectivity index (χ2n) is 2.55. The summed E-state index contributed by atoms with van der Waals surface area (Å²) in [5.41, 5.74) is 0. The van der Waals surface area contributed by atoms with Crippen molar-refractivity contribution in [3.63, 3.8) is 0 Å². The van der Waals surface area contributed by atoms with Crippen LogP contribution in [0.1, 0.15) is 20.3 Å². The number of rotatable bonds is 5. The fourth-order valence-corrected chi connectivity index (χ4v) is 0.663. The number of aliphatic hydroxyl groups excluding tert-OH is 1. The molecule has 0 spiro atoms. The first-order valence-corrected chi connectivity index (χ1v) is 3.71. The molecular weight excluding hydrogens is 146 g/mol. The van der Waals surface area contributed by atoms with Gasteiger partial charge in [-0.1, -0.05) is 6.92 Å². The van der Waals surface area contributed by atoms with Crippen LogP contribution >= 0.6 is 0 Å². The maximum atomic E-state index is 10.4. The van der Waals surface area contributed by atoms with Crippen molar-refractivity contribution in [3.8, 4) is 0 Å². The standard InChI is InChI=1S/C7H15NO3/c1-3-5(2)8-6(4-9)7(10)11/h5-6,8-9H,3-4H2,1-2H3,(H,10,11). The molecule has 2 unspecified atom stereocenters. The number of hydrogen-bond donors (Lipinski definition) is 3. The zero-order valence-corrected chi connectivity index (χ0v) is 6.87. The van der Waals surface area contributed by atoms with Crippen LogP contribution in [0.5, 0.6) is 0 Å². The summed E-state index contributed by atoms with van der Waals surface area (Å²) in [6.45, 7) is 3.47. The van der Waals surface area contributed by atoms with Crippen LogP contribution in [-0.4, -0.2) is 34.9 Å². The highest BCUT2D eigenvalue weighted by Crippen LogP contribution is 1.91. The minimum Gasteiger partial charge on any atom is -0.480 e. The molecule has 0 bridgehead atoms. The summed E-state index contributed by atoms with van der Waals surface area (Å²) in [4.78, 5) is 10.4. The lowest BCUT2D eigenvalue weighted by Gasteiger charge is -2.16. The molecule has 3 N–H and O–H groups in total. The molecule has 4 heteroatoms. The molecular formula is C7H15NO3. The van der Waals surface area contributed by atoms with Gasteiger partial charge in [-0.3, -0.25) is 10.1 Å². The molecule has 0 saturated heterocycles. The van der Waals surface area contributed by atoms with Crippen LogP contribution in [0.4, 0.5) is 0 Å². The zero-order valence-electron chi connectivity index (χ0n) is 6.87. The summed E-state index contributed by atoms with van der Waals surface area (Å²) < 4.78 is 0. The van der Waals surface area contributed by atoms with Crippen molar-refractivity contribution in [2.75, 3.05) is 6.61 Å². The number of carboxylic acids is 1. The molecule has 66 valence electrons. The molecule has 0 aromatic rings. The molecule has 0 radical (unpaired) electrons. The first kappa shape index (κ1) is 10.4. The Bertz CT molecular complexity index is 127. The number of aliphatic carboxylic acids is 1. The van der Waals surface area contributed by atoms with Crippen molar-refractivity contribution in [3.05, 3.63) is 0 Å². The third-order valence-corrected chi connectivity index (χ3v) is 1.58. The van der Waals surface area contributed by atoms with Crippen LogP contribution in [0.15, 0.2) is 0 Å². The van der Waals surface area contributed by atoms with Gasteiger partial charge in [-0.15, -0.1) is 0 Å². The van der Waals surface area contributed by atoms with Crippen molar-refractivity contribution in [2.24, 2.45) is 0 Å². The predicted molar refractivity (Wildman–Crippen MR) is 41.4 cm³/mol. The van der Waals surface area contributed by atoms with E-state index in [9.17, 15) is 4.79 Å². The Morgan fingerprint density at radius 3 is 2.45 bits per heavy atom. The second-order valence-corrected chi connectivity index (χ2v) is 2.55. The number of carbonyl (C=O) groups is 1. The van der Waals surface area contributed by atoms with E-state index in [1.54, 1.807) is 0 Å².